The Kier molecular flexibility index (Phi) is 7.70. The predicted molar refractivity (Wildman–Crippen MR) is 116 cm³/mol. The van der Waals surface area contributed by atoms with E-state index in [1.807, 2.05) is 45.0 Å². The molecule has 2 rings (SSSR count). The van der Waals surface area contributed by atoms with Gasteiger partial charge in [0, 0.05) is 5.41 Å². The summed E-state index contributed by atoms with van der Waals surface area (Å²) in [5, 5.41) is 10.0. The van der Waals surface area contributed by atoms with Crippen LogP contribution in [0.2, 0.25) is 0 Å². The van der Waals surface area contributed by atoms with Crippen molar-refractivity contribution in [3.05, 3.63) is 71.8 Å². The van der Waals surface area contributed by atoms with Crippen LogP contribution >= 0.6 is 0 Å². The van der Waals surface area contributed by atoms with Gasteiger partial charge in [-0.15, -0.1) is 0 Å². The van der Waals surface area contributed by atoms with Crippen LogP contribution in [0.5, 0.6) is 11.5 Å². The average molecular weight is 383 g/mol. The highest BCUT2D eigenvalue weighted by atomic mass is 16.5. The quantitative estimate of drug-likeness (QED) is 0.520. The highest BCUT2D eigenvalue weighted by Crippen LogP contribution is 2.33. The van der Waals surface area contributed by atoms with E-state index >= 15 is 0 Å². The molecule has 1 unspecified atom stereocenters. The molecule has 0 fully saturated rings. The Bertz CT molecular complexity index is 742. The van der Waals surface area contributed by atoms with Crippen LogP contribution in [0.25, 0.3) is 0 Å². The zero-order valence-electron chi connectivity index (χ0n) is 17.9. The molecule has 0 radical (unpaired) electrons. The molecule has 0 aliphatic carbocycles. The van der Waals surface area contributed by atoms with Crippen molar-refractivity contribution in [1.82, 2.24) is 0 Å². The zero-order valence-corrected chi connectivity index (χ0v) is 17.9. The Labute approximate surface area is 170 Å². The van der Waals surface area contributed by atoms with E-state index < -0.39 is 6.10 Å². The summed E-state index contributed by atoms with van der Waals surface area (Å²) in [6, 6.07) is 16.4. The van der Waals surface area contributed by atoms with Crippen LogP contribution in [0.15, 0.2) is 60.7 Å². The fourth-order valence-electron chi connectivity index (χ4n) is 3.09. The average Bonchev–Trinajstić information content (AvgIpc) is 2.66. The number of rotatable bonds is 10. The van der Waals surface area contributed by atoms with E-state index in [1.54, 1.807) is 0 Å². The molecule has 0 saturated carbocycles. The third-order valence-corrected chi connectivity index (χ3v) is 4.99. The lowest BCUT2D eigenvalue weighted by molar-refractivity contribution is 0.107. The summed E-state index contributed by atoms with van der Waals surface area (Å²) in [4.78, 5) is 0. The zero-order chi connectivity index (χ0) is 20.7. The van der Waals surface area contributed by atoms with Gasteiger partial charge in [0.25, 0.3) is 0 Å². The van der Waals surface area contributed by atoms with E-state index in [0.29, 0.717) is 6.42 Å². The Morgan fingerprint density at radius 1 is 0.964 bits per heavy atom. The molecule has 2 aromatic rings. The molecule has 28 heavy (non-hydrogen) atoms. The van der Waals surface area contributed by atoms with Gasteiger partial charge in [-0.25, -0.2) is 0 Å². The Balaban J connectivity index is 2.01. The number of hydrogen-bond donors (Lipinski definition) is 1. The van der Waals surface area contributed by atoms with Crippen molar-refractivity contribution in [2.75, 3.05) is 6.61 Å². The number of aliphatic hydroxyl groups is 1. The highest BCUT2D eigenvalue weighted by molar-refractivity contribution is 5.41. The maximum atomic E-state index is 10.0. The second-order valence-corrected chi connectivity index (χ2v) is 8.11. The van der Waals surface area contributed by atoms with Crippen molar-refractivity contribution >= 4 is 0 Å². The van der Waals surface area contributed by atoms with Crippen LogP contribution in [0, 0.1) is 0 Å². The van der Waals surface area contributed by atoms with Gasteiger partial charge in [-0.05, 0) is 62.1 Å². The van der Waals surface area contributed by atoms with Gasteiger partial charge in [-0.2, -0.15) is 0 Å². The number of aliphatic hydroxyl groups excluding tert-OH is 1. The van der Waals surface area contributed by atoms with Crippen molar-refractivity contribution in [1.29, 1.82) is 0 Å². The third-order valence-electron chi connectivity index (χ3n) is 4.99. The SMILES string of the molecule is C=C(CC)CC(O)COc1ccc(C(C)(C)c2ccc(OC(C)C)cc2)cc1. The summed E-state index contributed by atoms with van der Waals surface area (Å²) < 4.78 is 11.5. The van der Waals surface area contributed by atoms with Gasteiger partial charge in [0.1, 0.15) is 18.1 Å². The minimum atomic E-state index is -0.518. The Hall–Kier alpha value is -2.26. The lowest BCUT2D eigenvalue weighted by atomic mass is 9.78. The van der Waals surface area contributed by atoms with E-state index in [2.05, 4.69) is 44.7 Å². The minimum Gasteiger partial charge on any atom is -0.491 e. The Morgan fingerprint density at radius 2 is 1.46 bits per heavy atom. The summed E-state index contributed by atoms with van der Waals surface area (Å²) in [5.74, 6) is 1.66. The molecule has 152 valence electrons. The molecular formula is C25H34O3. The standard InChI is InChI=1S/C25H34O3/c1-7-19(4)16-22(26)17-27-23-12-8-20(9-13-23)25(5,6)21-10-14-24(15-11-21)28-18(2)3/h8-15,18,22,26H,4,7,16-17H2,1-3,5-6H3. The largest absolute Gasteiger partial charge is 0.491 e. The highest BCUT2D eigenvalue weighted by Gasteiger charge is 2.23. The molecule has 0 spiro atoms. The monoisotopic (exact) mass is 382 g/mol. The molecule has 3 nitrogen and oxygen atoms in total. The summed E-state index contributed by atoms with van der Waals surface area (Å²) >= 11 is 0. The van der Waals surface area contributed by atoms with Crippen LogP contribution in [0.3, 0.4) is 0 Å². The van der Waals surface area contributed by atoms with E-state index in [1.165, 1.54) is 11.1 Å². The fraction of sp³-hybridized carbons (Fsp3) is 0.440. The van der Waals surface area contributed by atoms with Gasteiger partial charge in [-0.1, -0.05) is 57.2 Å². The van der Waals surface area contributed by atoms with Crippen LogP contribution in [-0.4, -0.2) is 23.9 Å². The predicted octanol–water partition coefficient (Wildman–Crippen LogP) is 5.90. The van der Waals surface area contributed by atoms with E-state index in [9.17, 15) is 5.11 Å². The minimum absolute atomic E-state index is 0.132. The summed E-state index contributed by atoms with van der Waals surface area (Å²) in [6.07, 6.45) is 1.11. The molecule has 0 aromatic heterocycles. The van der Waals surface area contributed by atoms with E-state index in [-0.39, 0.29) is 18.1 Å². The van der Waals surface area contributed by atoms with Gasteiger partial charge in [0.2, 0.25) is 0 Å². The lowest BCUT2D eigenvalue weighted by Gasteiger charge is -2.26. The molecule has 0 aliphatic rings. The topological polar surface area (TPSA) is 38.7 Å². The van der Waals surface area contributed by atoms with Crippen LogP contribution in [0.4, 0.5) is 0 Å². The second-order valence-electron chi connectivity index (χ2n) is 8.11. The van der Waals surface area contributed by atoms with Crippen LogP contribution in [0.1, 0.15) is 58.6 Å². The number of benzene rings is 2. The smallest absolute Gasteiger partial charge is 0.119 e. The van der Waals surface area contributed by atoms with Crippen molar-refractivity contribution < 1.29 is 14.6 Å². The molecule has 1 N–H and O–H groups in total. The third kappa shape index (κ3) is 6.13. The fourth-order valence-corrected chi connectivity index (χ4v) is 3.09. The molecule has 3 heteroatoms. The van der Waals surface area contributed by atoms with E-state index in [4.69, 9.17) is 9.47 Å². The van der Waals surface area contributed by atoms with Crippen molar-refractivity contribution in [2.45, 2.75) is 65.1 Å². The molecule has 1 atom stereocenters. The summed E-state index contributed by atoms with van der Waals surface area (Å²) in [5.41, 5.74) is 3.34. The lowest BCUT2D eigenvalue weighted by Crippen LogP contribution is -2.19. The number of ether oxygens (including phenoxy) is 2. The van der Waals surface area contributed by atoms with Gasteiger partial charge in [-0.3, -0.25) is 0 Å². The van der Waals surface area contributed by atoms with Gasteiger partial charge < -0.3 is 14.6 Å². The van der Waals surface area contributed by atoms with E-state index in [0.717, 1.165) is 23.5 Å². The van der Waals surface area contributed by atoms with Crippen LogP contribution in [-0.2, 0) is 5.41 Å². The molecule has 0 aliphatic heterocycles. The number of hydrogen-bond acceptors (Lipinski definition) is 3. The first-order chi connectivity index (χ1) is 13.2. The van der Waals surface area contributed by atoms with Crippen LogP contribution < -0.4 is 9.47 Å². The molecule has 0 bridgehead atoms. The first kappa shape index (κ1) is 22.0. The molecule has 0 saturated heterocycles. The molecule has 0 heterocycles. The molecule has 0 amide bonds. The normalized spacial score (nSPS) is 12.7. The van der Waals surface area contributed by atoms with Gasteiger partial charge in [0.15, 0.2) is 0 Å². The first-order valence-corrected chi connectivity index (χ1v) is 10.1. The van der Waals surface area contributed by atoms with Gasteiger partial charge >= 0.3 is 0 Å². The molecular weight excluding hydrogens is 348 g/mol. The maximum absolute atomic E-state index is 10.0. The molecule has 2 aromatic carbocycles. The Morgan fingerprint density at radius 3 is 1.93 bits per heavy atom. The summed E-state index contributed by atoms with van der Waals surface area (Å²) in [6.45, 7) is 14.7. The summed E-state index contributed by atoms with van der Waals surface area (Å²) in [7, 11) is 0. The van der Waals surface area contributed by atoms with Crippen molar-refractivity contribution in [3.63, 3.8) is 0 Å². The van der Waals surface area contributed by atoms with Gasteiger partial charge in [0.05, 0.1) is 12.2 Å². The maximum Gasteiger partial charge on any atom is 0.119 e. The second kappa shape index (κ2) is 9.79. The van der Waals surface area contributed by atoms with Crippen molar-refractivity contribution in [3.8, 4) is 11.5 Å². The first-order valence-electron chi connectivity index (χ1n) is 10.1. The van der Waals surface area contributed by atoms with Crippen molar-refractivity contribution in [2.24, 2.45) is 0 Å².